The standard InChI is InChI=1S/C14H20O3/c1-4-5-6-9-17-14-12(10-15)8-7-11(2)13(14)16-3/h7-8,10H,4-6,9H2,1-3H3. The van der Waals surface area contributed by atoms with E-state index in [0.29, 0.717) is 23.7 Å². The van der Waals surface area contributed by atoms with Crippen molar-refractivity contribution in [1.82, 2.24) is 0 Å². The molecule has 0 heterocycles. The quantitative estimate of drug-likeness (QED) is 0.537. The molecule has 0 aromatic heterocycles. The normalized spacial score (nSPS) is 10.1. The Bertz CT molecular complexity index is 372. The first-order valence-electron chi connectivity index (χ1n) is 6.00. The monoisotopic (exact) mass is 236 g/mol. The number of carbonyl (C=O) groups excluding carboxylic acids is 1. The minimum atomic E-state index is 0.545. The number of hydrogen-bond donors (Lipinski definition) is 0. The number of carbonyl (C=O) groups is 1. The molecule has 94 valence electrons. The lowest BCUT2D eigenvalue weighted by Crippen LogP contribution is -2.03. The predicted molar refractivity (Wildman–Crippen MR) is 68.1 cm³/mol. The van der Waals surface area contributed by atoms with Crippen LogP contribution in [-0.4, -0.2) is 20.0 Å². The molecule has 1 rings (SSSR count). The molecule has 0 amide bonds. The zero-order valence-corrected chi connectivity index (χ0v) is 10.8. The molecule has 0 aliphatic carbocycles. The SMILES string of the molecule is CCCCCOc1c(C=O)ccc(C)c1OC. The molecule has 0 N–H and O–H groups in total. The van der Waals surface area contributed by atoms with Crippen LogP contribution in [0.4, 0.5) is 0 Å². The fourth-order valence-corrected chi connectivity index (χ4v) is 1.70. The van der Waals surface area contributed by atoms with Gasteiger partial charge in [0.15, 0.2) is 17.8 Å². The van der Waals surface area contributed by atoms with Crippen LogP contribution in [0, 0.1) is 6.92 Å². The smallest absolute Gasteiger partial charge is 0.171 e. The summed E-state index contributed by atoms with van der Waals surface area (Å²) < 4.78 is 11.0. The largest absolute Gasteiger partial charge is 0.493 e. The number of ether oxygens (including phenoxy) is 2. The number of methoxy groups -OCH3 is 1. The molecule has 0 spiro atoms. The second-order valence-corrected chi connectivity index (χ2v) is 4.01. The summed E-state index contributed by atoms with van der Waals surface area (Å²) in [6.07, 6.45) is 4.07. The van der Waals surface area contributed by atoms with Gasteiger partial charge in [0.25, 0.3) is 0 Å². The van der Waals surface area contributed by atoms with Crippen molar-refractivity contribution in [3.05, 3.63) is 23.3 Å². The van der Waals surface area contributed by atoms with Gasteiger partial charge in [0, 0.05) is 0 Å². The molecule has 0 unspecified atom stereocenters. The van der Waals surface area contributed by atoms with Gasteiger partial charge in [-0.05, 0) is 25.0 Å². The Morgan fingerprint density at radius 3 is 2.59 bits per heavy atom. The number of unbranched alkanes of at least 4 members (excludes halogenated alkanes) is 2. The lowest BCUT2D eigenvalue weighted by Gasteiger charge is -2.14. The molecule has 0 fully saturated rings. The van der Waals surface area contributed by atoms with Crippen molar-refractivity contribution in [2.45, 2.75) is 33.1 Å². The first kappa shape index (κ1) is 13.6. The molecule has 0 atom stereocenters. The maximum absolute atomic E-state index is 11.0. The predicted octanol–water partition coefficient (Wildman–Crippen LogP) is 3.39. The van der Waals surface area contributed by atoms with E-state index in [4.69, 9.17) is 9.47 Å². The van der Waals surface area contributed by atoms with Crippen molar-refractivity contribution < 1.29 is 14.3 Å². The first-order chi connectivity index (χ1) is 8.24. The third-order valence-corrected chi connectivity index (χ3v) is 2.66. The fraction of sp³-hybridized carbons (Fsp3) is 0.500. The van der Waals surface area contributed by atoms with Crippen molar-refractivity contribution in [3.63, 3.8) is 0 Å². The second kappa shape index (κ2) is 6.94. The summed E-state index contributed by atoms with van der Waals surface area (Å²) >= 11 is 0. The summed E-state index contributed by atoms with van der Waals surface area (Å²) in [5.74, 6) is 1.23. The summed E-state index contributed by atoms with van der Waals surface area (Å²) in [6.45, 7) is 4.70. The van der Waals surface area contributed by atoms with Gasteiger partial charge in [-0.3, -0.25) is 4.79 Å². The Balaban J connectivity index is 2.85. The average molecular weight is 236 g/mol. The third kappa shape index (κ3) is 3.48. The summed E-state index contributed by atoms with van der Waals surface area (Å²) in [4.78, 5) is 11.0. The fourth-order valence-electron chi connectivity index (χ4n) is 1.70. The van der Waals surface area contributed by atoms with E-state index < -0.39 is 0 Å². The van der Waals surface area contributed by atoms with Crippen molar-refractivity contribution in [3.8, 4) is 11.5 Å². The highest BCUT2D eigenvalue weighted by atomic mass is 16.5. The van der Waals surface area contributed by atoms with Crippen LogP contribution in [0.15, 0.2) is 12.1 Å². The van der Waals surface area contributed by atoms with E-state index in [2.05, 4.69) is 6.92 Å². The zero-order chi connectivity index (χ0) is 12.7. The molecule has 0 radical (unpaired) electrons. The molecule has 0 saturated heterocycles. The van der Waals surface area contributed by atoms with Gasteiger partial charge in [-0.1, -0.05) is 25.8 Å². The summed E-state index contributed by atoms with van der Waals surface area (Å²) in [5.41, 5.74) is 1.52. The minimum absolute atomic E-state index is 0.545. The van der Waals surface area contributed by atoms with Gasteiger partial charge in [-0.2, -0.15) is 0 Å². The van der Waals surface area contributed by atoms with Crippen molar-refractivity contribution in [2.24, 2.45) is 0 Å². The molecule has 0 aliphatic rings. The van der Waals surface area contributed by atoms with Crippen LogP contribution in [0.1, 0.15) is 42.1 Å². The number of aryl methyl sites for hydroxylation is 1. The molecule has 1 aromatic carbocycles. The van der Waals surface area contributed by atoms with E-state index in [0.717, 1.165) is 31.1 Å². The Morgan fingerprint density at radius 2 is 2.00 bits per heavy atom. The summed E-state index contributed by atoms with van der Waals surface area (Å²) in [7, 11) is 1.59. The average Bonchev–Trinajstić information content (AvgIpc) is 2.35. The zero-order valence-electron chi connectivity index (χ0n) is 10.8. The van der Waals surface area contributed by atoms with E-state index >= 15 is 0 Å². The molecule has 3 heteroatoms. The number of rotatable bonds is 7. The highest BCUT2D eigenvalue weighted by Gasteiger charge is 2.12. The molecular weight excluding hydrogens is 216 g/mol. The molecule has 0 bridgehead atoms. The topological polar surface area (TPSA) is 35.5 Å². The van der Waals surface area contributed by atoms with E-state index in [9.17, 15) is 4.79 Å². The van der Waals surface area contributed by atoms with Crippen molar-refractivity contribution >= 4 is 6.29 Å². The van der Waals surface area contributed by atoms with E-state index in [1.54, 1.807) is 13.2 Å². The van der Waals surface area contributed by atoms with Crippen LogP contribution >= 0.6 is 0 Å². The van der Waals surface area contributed by atoms with Gasteiger partial charge in [0.05, 0.1) is 19.3 Å². The van der Waals surface area contributed by atoms with E-state index in [-0.39, 0.29) is 0 Å². The molecular formula is C14H20O3. The Labute approximate surface area is 103 Å². The van der Waals surface area contributed by atoms with Crippen molar-refractivity contribution in [2.75, 3.05) is 13.7 Å². The summed E-state index contributed by atoms with van der Waals surface area (Å²) in [6, 6.07) is 3.63. The van der Waals surface area contributed by atoms with Crippen molar-refractivity contribution in [1.29, 1.82) is 0 Å². The Kier molecular flexibility index (Phi) is 5.53. The molecule has 3 nitrogen and oxygen atoms in total. The molecule has 0 saturated carbocycles. The molecule has 0 aliphatic heterocycles. The lowest BCUT2D eigenvalue weighted by molar-refractivity contribution is 0.111. The lowest BCUT2D eigenvalue weighted by atomic mass is 10.1. The second-order valence-electron chi connectivity index (χ2n) is 4.01. The molecule has 17 heavy (non-hydrogen) atoms. The van der Waals surface area contributed by atoms with Gasteiger partial charge in [0.1, 0.15) is 0 Å². The van der Waals surface area contributed by atoms with Gasteiger partial charge in [-0.15, -0.1) is 0 Å². The van der Waals surface area contributed by atoms with Gasteiger partial charge in [0.2, 0.25) is 0 Å². The van der Waals surface area contributed by atoms with Crippen LogP contribution in [0.5, 0.6) is 11.5 Å². The van der Waals surface area contributed by atoms with Gasteiger partial charge >= 0.3 is 0 Å². The third-order valence-electron chi connectivity index (χ3n) is 2.66. The number of aldehydes is 1. The van der Waals surface area contributed by atoms with Crippen LogP contribution in [0.3, 0.4) is 0 Å². The first-order valence-corrected chi connectivity index (χ1v) is 6.00. The van der Waals surface area contributed by atoms with Crippen LogP contribution in [0.25, 0.3) is 0 Å². The number of hydrogen-bond acceptors (Lipinski definition) is 3. The van der Waals surface area contributed by atoms with Gasteiger partial charge in [-0.25, -0.2) is 0 Å². The van der Waals surface area contributed by atoms with Crippen LogP contribution in [0.2, 0.25) is 0 Å². The van der Waals surface area contributed by atoms with Gasteiger partial charge < -0.3 is 9.47 Å². The summed E-state index contributed by atoms with van der Waals surface area (Å²) in [5, 5.41) is 0. The maximum atomic E-state index is 11.0. The Morgan fingerprint density at radius 1 is 1.24 bits per heavy atom. The maximum Gasteiger partial charge on any atom is 0.171 e. The minimum Gasteiger partial charge on any atom is -0.493 e. The van der Waals surface area contributed by atoms with E-state index in [1.807, 2.05) is 13.0 Å². The Hall–Kier alpha value is -1.51. The van der Waals surface area contributed by atoms with E-state index in [1.165, 1.54) is 0 Å². The highest BCUT2D eigenvalue weighted by Crippen LogP contribution is 2.33. The highest BCUT2D eigenvalue weighted by molar-refractivity contribution is 5.81. The van der Waals surface area contributed by atoms with Crippen LogP contribution < -0.4 is 9.47 Å². The number of benzene rings is 1. The molecule has 1 aromatic rings. The van der Waals surface area contributed by atoms with Crippen LogP contribution in [-0.2, 0) is 0 Å².